The molecule has 3 aromatic rings. The zero-order valence-corrected chi connectivity index (χ0v) is 13.0. The number of aromatic amines is 1. The maximum Gasteiger partial charge on any atom is 0.309 e. The minimum absolute atomic E-state index is 0.0741. The van der Waals surface area contributed by atoms with Gasteiger partial charge in [0.2, 0.25) is 0 Å². The lowest BCUT2D eigenvalue weighted by molar-refractivity contribution is -0.151. The molecule has 0 atom stereocenters. The van der Waals surface area contributed by atoms with Gasteiger partial charge in [0.05, 0.1) is 17.0 Å². The first-order valence-corrected chi connectivity index (χ1v) is 8.34. The second-order valence-electron chi connectivity index (χ2n) is 6.31. The third-order valence-corrected chi connectivity index (χ3v) is 4.72. The van der Waals surface area contributed by atoms with Crippen LogP contribution in [0.4, 0.5) is 0 Å². The third-order valence-electron chi connectivity index (χ3n) is 4.72. The van der Waals surface area contributed by atoms with E-state index >= 15 is 0 Å². The quantitative estimate of drug-likeness (QED) is 0.732. The number of rotatable bonds is 3. The Balaban J connectivity index is 1.53. The van der Waals surface area contributed by atoms with Crippen molar-refractivity contribution in [2.24, 2.45) is 5.92 Å². The van der Waals surface area contributed by atoms with E-state index in [0.717, 1.165) is 47.5 Å². The van der Waals surface area contributed by atoms with Gasteiger partial charge in [-0.3, -0.25) is 4.79 Å². The van der Waals surface area contributed by atoms with Crippen LogP contribution in [0.5, 0.6) is 0 Å². The molecule has 0 bridgehead atoms. The minimum atomic E-state index is -0.0741. The fourth-order valence-electron chi connectivity index (χ4n) is 3.46. The third kappa shape index (κ3) is 2.81. The van der Waals surface area contributed by atoms with Crippen LogP contribution in [0.25, 0.3) is 21.8 Å². The molecule has 1 heterocycles. The fraction of sp³-hybridized carbons (Fsp3) is 0.368. The number of nitrogens with one attached hydrogen (secondary N) is 1. The summed E-state index contributed by atoms with van der Waals surface area (Å²) in [4.78, 5) is 20.0. The monoisotopic (exact) mass is 308 g/mol. The highest BCUT2D eigenvalue weighted by Gasteiger charge is 2.22. The van der Waals surface area contributed by atoms with Crippen LogP contribution in [0.3, 0.4) is 0 Å². The molecular weight excluding hydrogens is 288 g/mol. The van der Waals surface area contributed by atoms with Crippen LogP contribution in [-0.4, -0.2) is 15.9 Å². The molecule has 0 radical (unpaired) electrons. The van der Waals surface area contributed by atoms with E-state index < -0.39 is 0 Å². The first kappa shape index (κ1) is 14.2. The Labute approximate surface area is 134 Å². The normalized spacial score (nSPS) is 16.0. The van der Waals surface area contributed by atoms with E-state index in [-0.39, 0.29) is 18.5 Å². The summed E-state index contributed by atoms with van der Waals surface area (Å²) in [6.45, 7) is 0.221. The number of ether oxygens (including phenoxy) is 1. The van der Waals surface area contributed by atoms with Crippen molar-refractivity contribution in [3.8, 4) is 0 Å². The van der Waals surface area contributed by atoms with Gasteiger partial charge in [0, 0.05) is 5.39 Å². The lowest BCUT2D eigenvalue weighted by Crippen LogP contribution is -2.20. The van der Waals surface area contributed by atoms with Crippen molar-refractivity contribution >= 4 is 27.8 Å². The summed E-state index contributed by atoms with van der Waals surface area (Å²) in [6, 6.07) is 12.3. The number of hydrogen-bond donors (Lipinski definition) is 1. The molecular formula is C19H20N2O2. The van der Waals surface area contributed by atoms with Crippen molar-refractivity contribution < 1.29 is 9.53 Å². The van der Waals surface area contributed by atoms with Crippen molar-refractivity contribution in [3.63, 3.8) is 0 Å². The van der Waals surface area contributed by atoms with Gasteiger partial charge in [0.15, 0.2) is 0 Å². The second kappa shape index (κ2) is 6.03. The number of benzene rings is 2. The van der Waals surface area contributed by atoms with Gasteiger partial charge in [-0.05, 0) is 24.3 Å². The van der Waals surface area contributed by atoms with Crippen LogP contribution in [0.1, 0.15) is 37.9 Å². The summed E-state index contributed by atoms with van der Waals surface area (Å²) in [5.74, 6) is 0.712. The van der Waals surface area contributed by atoms with E-state index in [1.165, 1.54) is 6.42 Å². The molecule has 0 unspecified atom stereocenters. The highest BCUT2D eigenvalue weighted by atomic mass is 16.5. The van der Waals surface area contributed by atoms with Crippen molar-refractivity contribution in [2.45, 2.75) is 38.7 Å². The summed E-state index contributed by atoms with van der Waals surface area (Å²) in [7, 11) is 0. The molecule has 1 fully saturated rings. The number of esters is 1. The van der Waals surface area contributed by atoms with E-state index in [2.05, 4.69) is 28.2 Å². The van der Waals surface area contributed by atoms with E-state index in [1.807, 2.05) is 18.2 Å². The second-order valence-corrected chi connectivity index (χ2v) is 6.31. The molecule has 0 aliphatic heterocycles. The summed E-state index contributed by atoms with van der Waals surface area (Å²) in [5.41, 5.74) is 1.92. The SMILES string of the molecule is O=C(OCc1nc2c(ccc3ccccc32)[nH]1)C1CCCCC1. The first-order valence-electron chi connectivity index (χ1n) is 8.34. The number of hydrogen-bond acceptors (Lipinski definition) is 3. The molecule has 0 amide bonds. The Morgan fingerprint density at radius 2 is 1.96 bits per heavy atom. The molecule has 4 heteroatoms. The predicted molar refractivity (Wildman–Crippen MR) is 90.0 cm³/mol. The minimum Gasteiger partial charge on any atom is -0.457 e. The number of fused-ring (bicyclic) bond motifs is 3. The van der Waals surface area contributed by atoms with E-state index in [0.29, 0.717) is 5.82 Å². The van der Waals surface area contributed by atoms with Crippen molar-refractivity contribution in [3.05, 3.63) is 42.2 Å². The Hall–Kier alpha value is -2.36. The van der Waals surface area contributed by atoms with Gasteiger partial charge in [-0.25, -0.2) is 4.98 Å². The number of carbonyl (C=O) groups excluding carboxylic acids is 1. The topological polar surface area (TPSA) is 55.0 Å². The van der Waals surface area contributed by atoms with Crippen LogP contribution >= 0.6 is 0 Å². The van der Waals surface area contributed by atoms with Crippen LogP contribution in [0.2, 0.25) is 0 Å². The van der Waals surface area contributed by atoms with Crippen LogP contribution in [0.15, 0.2) is 36.4 Å². The molecule has 0 saturated heterocycles. The molecule has 0 spiro atoms. The van der Waals surface area contributed by atoms with Crippen LogP contribution in [-0.2, 0) is 16.1 Å². The lowest BCUT2D eigenvalue weighted by atomic mass is 9.89. The fourth-order valence-corrected chi connectivity index (χ4v) is 3.46. The van der Waals surface area contributed by atoms with E-state index in [4.69, 9.17) is 4.74 Å². The van der Waals surface area contributed by atoms with Gasteiger partial charge < -0.3 is 9.72 Å². The number of nitrogens with zero attached hydrogens (tertiary/aromatic N) is 1. The van der Waals surface area contributed by atoms with Crippen LogP contribution in [0, 0.1) is 5.92 Å². The molecule has 118 valence electrons. The highest BCUT2D eigenvalue weighted by Crippen LogP contribution is 2.26. The smallest absolute Gasteiger partial charge is 0.309 e. The van der Waals surface area contributed by atoms with Crippen molar-refractivity contribution in [1.29, 1.82) is 0 Å². The highest BCUT2D eigenvalue weighted by molar-refractivity contribution is 6.04. The molecule has 4 rings (SSSR count). The average molecular weight is 308 g/mol. The molecule has 1 aliphatic carbocycles. The lowest BCUT2D eigenvalue weighted by Gasteiger charge is -2.19. The summed E-state index contributed by atoms with van der Waals surface area (Å²) in [6.07, 6.45) is 5.43. The summed E-state index contributed by atoms with van der Waals surface area (Å²) >= 11 is 0. The standard InChI is InChI=1S/C19H20N2O2/c22-19(14-7-2-1-3-8-14)23-12-17-20-16-11-10-13-6-4-5-9-15(13)18(16)21-17/h4-6,9-11,14H,1-3,7-8,12H2,(H,20,21). The van der Waals surface area contributed by atoms with Gasteiger partial charge in [0.1, 0.15) is 12.4 Å². The molecule has 23 heavy (non-hydrogen) atoms. The van der Waals surface area contributed by atoms with Gasteiger partial charge in [-0.1, -0.05) is 49.6 Å². The largest absolute Gasteiger partial charge is 0.457 e. The molecule has 4 nitrogen and oxygen atoms in total. The number of aromatic nitrogens is 2. The Morgan fingerprint density at radius 1 is 1.13 bits per heavy atom. The first-order chi connectivity index (χ1) is 11.3. The van der Waals surface area contributed by atoms with Gasteiger partial charge in [0.25, 0.3) is 0 Å². The van der Waals surface area contributed by atoms with Crippen molar-refractivity contribution in [1.82, 2.24) is 9.97 Å². The average Bonchev–Trinajstić information content (AvgIpc) is 3.04. The Morgan fingerprint density at radius 3 is 2.83 bits per heavy atom. The molecule has 1 N–H and O–H groups in total. The van der Waals surface area contributed by atoms with E-state index in [1.54, 1.807) is 0 Å². The molecule has 1 saturated carbocycles. The van der Waals surface area contributed by atoms with Gasteiger partial charge >= 0.3 is 5.97 Å². The number of H-pyrrole nitrogens is 1. The van der Waals surface area contributed by atoms with Crippen LogP contribution < -0.4 is 0 Å². The Kier molecular flexibility index (Phi) is 3.74. The zero-order chi connectivity index (χ0) is 15.6. The molecule has 1 aromatic heterocycles. The maximum absolute atomic E-state index is 12.1. The maximum atomic E-state index is 12.1. The number of imidazole rings is 1. The molecule has 2 aromatic carbocycles. The van der Waals surface area contributed by atoms with E-state index in [9.17, 15) is 4.79 Å². The zero-order valence-electron chi connectivity index (χ0n) is 13.0. The van der Waals surface area contributed by atoms with Gasteiger partial charge in [-0.15, -0.1) is 0 Å². The predicted octanol–water partition coefficient (Wildman–Crippen LogP) is 4.34. The summed E-state index contributed by atoms with van der Waals surface area (Å²) in [5, 5.41) is 2.28. The van der Waals surface area contributed by atoms with Crippen molar-refractivity contribution in [2.75, 3.05) is 0 Å². The molecule has 1 aliphatic rings. The Bertz CT molecular complexity index is 847. The van der Waals surface area contributed by atoms with Gasteiger partial charge in [-0.2, -0.15) is 0 Å². The number of carbonyl (C=O) groups is 1. The summed E-state index contributed by atoms with van der Waals surface area (Å²) < 4.78 is 5.48.